The van der Waals surface area contributed by atoms with Crippen molar-refractivity contribution in [3.8, 4) is 0 Å². The summed E-state index contributed by atoms with van der Waals surface area (Å²) in [5, 5.41) is 0. The quantitative estimate of drug-likeness (QED) is 0.743. The molecule has 1 aliphatic rings. The Morgan fingerprint density at radius 1 is 1.60 bits per heavy atom. The maximum absolute atomic E-state index is 11.4. The molecule has 15 heavy (non-hydrogen) atoms. The summed E-state index contributed by atoms with van der Waals surface area (Å²) < 4.78 is 0. The number of rotatable bonds is 3. The molecule has 0 bridgehead atoms. The van der Waals surface area contributed by atoms with Crippen molar-refractivity contribution in [1.29, 1.82) is 0 Å². The summed E-state index contributed by atoms with van der Waals surface area (Å²) >= 11 is 0. The van der Waals surface area contributed by atoms with Crippen molar-refractivity contribution in [3.63, 3.8) is 0 Å². The van der Waals surface area contributed by atoms with Crippen molar-refractivity contribution < 1.29 is 9.59 Å². The maximum atomic E-state index is 11.4. The van der Waals surface area contributed by atoms with Crippen LogP contribution in [-0.2, 0) is 9.59 Å². The fourth-order valence-electron chi connectivity index (χ4n) is 2.33. The van der Waals surface area contributed by atoms with Crippen LogP contribution in [0.4, 0.5) is 0 Å². The van der Waals surface area contributed by atoms with Gasteiger partial charge in [0.05, 0.1) is 6.54 Å². The number of nitrogens with two attached hydrogens (primary N) is 1. The molecule has 4 nitrogen and oxygen atoms in total. The molecule has 1 rings (SSSR count). The molecular formula is C11H20N2O2. The van der Waals surface area contributed by atoms with Crippen LogP contribution in [0, 0.1) is 5.41 Å². The Bertz CT molecular complexity index is 274. The minimum absolute atomic E-state index is 0.0815. The van der Waals surface area contributed by atoms with Crippen molar-refractivity contribution in [2.24, 2.45) is 11.1 Å². The van der Waals surface area contributed by atoms with Crippen LogP contribution >= 0.6 is 0 Å². The molecule has 1 fully saturated rings. The molecule has 1 atom stereocenters. The number of primary amides is 1. The molecule has 0 spiro atoms. The van der Waals surface area contributed by atoms with E-state index in [1.165, 1.54) is 0 Å². The number of ketones is 1. The van der Waals surface area contributed by atoms with Crippen LogP contribution in [0.5, 0.6) is 0 Å². The van der Waals surface area contributed by atoms with Crippen molar-refractivity contribution in [2.45, 2.75) is 39.2 Å². The Kier molecular flexibility index (Phi) is 3.50. The van der Waals surface area contributed by atoms with Crippen molar-refractivity contribution in [3.05, 3.63) is 0 Å². The summed E-state index contributed by atoms with van der Waals surface area (Å²) in [5.41, 5.74) is 5.24. The molecule has 0 saturated heterocycles. The van der Waals surface area contributed by atoms with E-state index in [0.717, 1.165) is 6.42 Å². The minimum atomic E-state index is -0.341. The Balaban J connectivity index is 2.71. The highest BCUT2D eigenvalue weighted by molar-refractivity contribution is 5.80. The van der Waals surface area contributed by atoms with Crippen molar-refractivity contribution >= 4 is 11.7 Å². The Morgan fingerprint density at radius 2 is 2.20 bits per heavy atom. The fourth-order valence-corrected chi connectivity index (χ4v) is 2.33. The van der Waals surface area contributed by atoms with Gasteiger partial charge in [-0.2, -0.15) is 0 Å². The lowest BCUT2D eigenvalue weighted by atomic mass is 9.72. The number of likely N-dealkylation sites (N-methyl/N-ethyl adjacent to an activating group) is 1. The Hall–Kier alpha value is -0.900. The molecule has 1 amide bonds. The van der Waals surface area contributed by atoms with E-state index in [2.05, 4.69) is 13.8 Å². The van der Waals surface area contributed by atoms with E-state index in [0.29, 0.717) is 12.8 Å². The van der Waals surface area contributed by atoms with Crippen LogP contribution in [-0.4, -0.2) is 36.2 Å². The van der Waals surface area contributed by atoms with Gasteiger partial charge in [0.2, 0.25) is 5.91 Å². The smallest absolute Gasteiger partial charge is 0.231 e. The molecular weight excluding hydrogens is 192 g/mol. The summed E-state index contributed by atoms with van der Waals surface area (Å²) in [6.45, 7) is 4.50. The van der Waals surface area contributed by atoms with Crippen LogP contribution in [0.2, 0.25) is 0 Å². The number of nitrogens with zero attached hydrogens (tertiary/aromatic N) is 1. The monoisotopic (exact) mass is 212 g/mol. The molecule has 0 aromatic heterocycles. The summed E-state index contributed by atoms with van der Waals surface area (Å²) in [6.07, 6.45) is 2.09. The van der Waals surface area contributed by atoms with Crippen LogP contribution in [0.3, 0.4) is 0 Å². The van der Waals surface area contributed by atoms with Gasteiger partial charge >= 0.3 is 0 Å². The molecule has 0 aliphatic heterocycles. The molecule has 4 heteroatoms. The SMILES string of the molecule is CN(CC(N)=O)C1CC(=O)CCC1(C)C. The number of hydrogen-bond acceptors (Lipinski definition) is 3. The van der Waals surface area contributed by atoms with Gasteiger partial charge in [-0.25, -0.2) is 0 Å². The van der Waals surface area contributed by atoms with Gasteiger partial charge in [-0.3, -0.25) is 14.5 Å². The average Bonchev–Trinajstić information content (AvgIpc) is 2.08. The zero-order valence-electron chi connectivity index (χ0n) is 9.75. The average molecular weight is 212 g/mol. The summed E-state index contributed by atoms with van der Waals surface area (Å²) in [4.78, 5) is 24.2. The molecule has 1 unspecified atom stereocenters. The van der Waals surface area contributed by atoms with Gasteiger partial charge in [0.25, 0.3) is 0 Å². The lowest BCUT2D eigenvalue weighted by Gasteiger charge is -2.42. The molecule has 0 aromatic carbocycles. The highest BCUT2D eigenvalue weighted by Crippen LogP contribution is 2.36. The lowest BCUT2D eigenvalue weighted by Crippen LogP contribution is -2.49. The number of carbonyl (C=O) groups is 2. The third-order valence-electron chi connectivity index (χ3n) is 3.31. The van der Waals surface area contributed by atoms with E-state index < -0.39 is 0 Å². The summed E-state index contributed by atoms with van der Waals surface area (Å²) in [6, 6.07) is 0.131. The third-order valence-corrected chi connectivity index (χ3v) is 3.31. The minimum Gasteiger partial charge on any atom is -0.369 e. The zero-order chi connectivity index (χ0) is 11.6. The molecule has 0 heterocycles. The van der Waals surface area contributed by atoms with Gasteiger partial charge < -0.3 is 5.73 Å². The van der Waals surface area contributed by atoms with E-state index in [1.807, 2.05) is 11.9 Å². The van der Waals surface area contributed by atoms with Crippen molar-refractivity contribution in [1.82, 2.24) is 4.90 Å². The van der Waals surface area contributed by atoms with Gasteiger partial charge in [-0.1, -0.05) is 13.8 Å². The normalized spacial score (nSPS) is 25.6. The molecule has 0 aromatic rings. The number of hydrogen-bond donors (Lipinski definition) is 1. The van der Waals surface area contributed by atoms with Crippen LogP contribution in [0.1, 0.15) is 33.1 Å². The first-order valence-electron chi connectivity index (χ1n) is 5.33. The highest BCUT2D eigenvalue weighted by atomic mass is 16.1. The Morgan fingerprint density at radius 3 is 2.73 bits per heavy atom. The molecule has 0 radical (unpaired) electrons. The molecule has 1 saturated carbocycles. The van der Waals surface area contributed by atoms with E-state index in [4.69, 9.17) is 5.73 Å². The number of Topliss-reactive ketones (excluding diaryl/α,β-unsaturated/α-hetero) is 1. The third kappa shape index (κ3) is 3.02. The van der Waals surface area contributed by atoms with Gasteiger partial charge in [0.1, 0.15) is 5.78 Å². The fraction of sp³-hybridized carbons (Fsp3) is 0.818. The van der Waals surface area contributed by atoms with E-state index >= 15 is 0 Å². The maximum Gasteiger partial charge on any atom is 0.231 e. The second-order valence-corrected chi connectivity index (χ2v) is 5.13. The second kappa shape index (κ2) is 4.31. The van der Waals surface area contributed by atoms with Gasteiger partial charge in [-0.15, -0.1) is 0 Å². The summed E-state index contributed by atoms with van der Waals surface area (Å²) in [5.74, 6) is -0.0537. The molecule has 2 N–H and O–H groups in total. The first kappa shape index (κ1) is 12.2. The van der Waals surface area contributed by atoms with Gasteiger partial charge in [0, 0.05) is 18.9 Å². The predicted molar refractivity (Wildman–Crippen MR) is 58.3 cm³/mol. The van der Waals surface area contributed by atoms with Crippen LogP contribution in [0.15, 0.2) is 0 Å². The Labute approximate surface area is 90.8 Å². The lowest BCUT2D eigenvalue weighted by molar-refractivity contribution is -0.127. The van der Waals surface area contributed by atoms with Crippen molar-refractivity contribution in [2.75, 3.05) is 13.6 Å². The number of carbonyl (C=O) groups excluding carboxylic acids is 2. The van der Waals surface area contributed by atoms with Crippen LogP contribution < -0.4 is 5.73 Å². The second-order valence-electron chi connectivity index (χ2n) is 5.13. The van der Waals surface area contributed by atoms with E-state index in [1.54, 1.807) is 0 Å². The predicted octanol–water partition coefficient (Wildman–Crippen LogP) is 0.551. The van der Waals surface area contributed by atoms with Crippen LogP contribution in [0.25, 0.3) is 0 Å². The molecule has 86 valence electrons. The number of amides is 1. The van der Waals surface area contributed by atoms with Gasteiger partial charge in [-0.05, 0) is 18.9 Å². The topological polar surface area (TPSA) is 63.4 Å². The first-order valence-corrected chi connectivity index (χ1v) is 5.33. The van der Waals surface area contributed by atoms with Gasteiger partial charge in [0.15, 0.2) is 0 Å². The van der Waals surface area contributed by atoms with E-state index in [-0.39, 0.29) is 29.7 Å². The first-order chi connectivity index (χ1) is 6.83. The largest absolute Gasteiger partial charge is 0.369 e. The highest BCUT2D eigenvalue weighted by Gasteiger charge is 2.38. The zero-order valence-corrected chi connectivity index (χ0v) is 9.75. The van der Waals surface area contributed by atoms with E-state index in [9.17, 15) is 9.59 Å². The summed E-state index contributed by atoms with van der Waals surface area (Å²) in [7, 11) is 1.86. The standard InChI is InChI=1S/C11H20N2O2/c1-11(2)5-4-8(14)6-9(11)13(3)7-10(12)15/h9H,4-7H2,1-3H3,(H2,12,15). The molecule has 1 aliphatic carbocycles.